The molecule has 5 nitrogen and oxygen atoms in total. The van der Waals surface area contributed by atoms with E-state index in [9.17, 15) is 9.59 Å². The van der Waals surface area contributed by atoms with Crippen LogP contribution in [0.15, 0.2) is 28.7 Å². The number of rotatable bonds is 2. The van der Waals surface area contributed by atoms with E-state index < -0.39 is 11.9 Å². The average molecular weight is 312 g/mol. The molecular formula is C18H16O5. The molecule has 0 unspecified atom stereocenters. The summed E-state index contributed by atoms with van der Waals surface area (Å²) in [7, 11) is 2.43. The van der Waals surface area contributed by atoms with Crippen molar-refractivity contribution < 1.29 is 23.5 Å². The Hall–Kier alpha value is -3.00. The van der Waals surface area contributed by atoms with E-state index in [2.05, 4.69) is 16.6 Å². The second-order valence-corrected chi connectivity index (χ2v) is 4.84. The molecule has 0 saturated heterocycles. The Morgan fingerprint density at radius 1 is 0.957 bits per heavy atom. The molecule has 5 heteroatoms. The van der Waals surface area contributed by atoms with Gasteiger partial charge < -0.3 is 13.9 Å². The lowest BCUT2D eigenvalue weighted by Gasteiger charge is -1.99. The van der Waals surface area contributed by atoms with Crippen LogP contribution in [0.25, 0.3) is 0 Å². The van der Waals surface area contributed by atoms with Gasteiger partial charge in [-0.3, -0.25) is 0 Å². The molecule has 0 N–H and O–H groups in total. The Labute approximate surface area is 134 Å². The average Bonchev–Trinajstić information content (AvgIpc) is 2.89. The number of esters is 2. The Morgan fingerprint density at radius 3 is 2.13 bits per heavy atom. The minimum atomic E-state index is -0.753. The summed E-state index contributed by atoms with van der Waals surface area (Å²) in [5, 5.41) is 0. The topological polar surface area (TPSA) is 65.7 Å². The number of hydrogen-bond donors (Lipinski definition) is 0. The van der Waals surface area contributed by atoms with Crippen LogP contribution in [0, 0.1) is 25.7 Å². The SMILES string of the molecule is COC(=O)c1oc(C)c(C#Cc2ccc(C)cc2)c1C(=O)OC. The normalized spacial score (nSPS) is 9.74. The van der Waals surface area contributed by atoms with Crippen LogP contribution >= 0.6 is 0 Å². The number of hydrogen-bond acceptors (Lipinski definition) is 5. The van der Waals surface area contributed by atoms with Gasteiger partial charge in [-0.2, -0.15) is 0 Å². The molecule has 0 radical (unpaired) electrons. The van der Waals surface area contributed by atoms with E-state index in [1.807, 2.05) is 31.2 Å². The van der Waals surface area contributed by atoms with Crippen molar-refractivity contribution >= 4 is 11.9 Å². The quantitative estimate of drug-likeness (QED) is 0.630. The van der Waals surface area contributed by atoms with Gasteiger partial charge in [-0.05, 0) is 26.0 Å². The third kappa shape index (κ3) is 3.43. The van der Waals surface area contributed by atoms with E-state index in [0.717, 1.165) is 11.1 Å². The highest BCUT2D eigenvalue weighted by Gasteiger charge is 2.28. The predicted molar refractivity (Wildman–Crippen MR) is 83.3 cm³/mol. The monoisotopic (exact) mass is 312 g/mol. The number of furan rings is 1. The predicted octanol–water partition coefficient (Wildman–Crippen LogP) is 2.87. The van der Waals surface area contributed by atoms with Gasteiger partial charge in [-0.15, -0.1) is 0 Å². The van der Waals surface area contributed by atoms with Crippen molar-refractivity contribution in [3.63, 3.8) is 0 Å². The summed E-state index contributed by atoms with van der Waals surface area (Å²) < 4.78 is 14.7. The van der Waals surface area contributed by atoms with Crippen LogP contribution in [0.5, 0.6) is 0 Å². The summed E-state index contributed by atoms with van der Waals surface area (Å²) in [6.45, 7) is 3.60. The molecule has 0 saturated carbocycles. The molecular weight excluding hydrogens is 296 g/mol. The van der Waals surface area contributed by atoms with Crippen molar-refractivity contribution in [2.75, 3.05) is 14.2 Å². The lowest BCUT2D eigenvalue weighted by atomic mass is 10.1. The van der Waals surface area contributed by atoms with E-state index in [1.165, 1.54) is 14.2 Å². The lowest BCUT2D eigenvalue weighted by Crippen LogP contribution is -2.10. The molecule has 0 aliphatic heterocycles. The molecule has 2 aromatic rings. The second kappa shape index (κ2) is 6.84. The number of benzene rings is 1. The molecule has 0 amide bonds. The van der Waals surface area contributed by atoms with Crippen LogP contribution in [-0.2, 0) is 9.47 Å². The fourth-order valence-corrected chi connectivity index (χ4v) is 2.00. The van der Waals surface area contributed by atoms with E-state index in [4.69, 9.17) is 9.15 Å². The van der Waals surface area contributed by atoms with Gasteiger partial charge in [-0.1, -0.05) is 29.5 Å². The number of methoxy groups -OCH3 is 2. The number of carbonyl (C=O) groups excluding carboxylic acids is 2. The Balaban J connectivity index is 2.54. The maximum absolute atomic E-state index is 12.0. The van der Waals surface area contributed by atoms with Crippen LogP contribution in [0.1, 0.15) is 43.4 Å². The molecule has 0 fully saturated rings. The minimum Gasteiger partial charge on any atom is -0.465 e. The number of aryl methyl sites for hydroxylation is 2. The van der Waals surface area contributed by atoms with Crippen LogP contribution in [0.4, 0.5) is 0 Å². The Bertz CT molecular complexity index is 800. The first-order valence-corrected chi connectivity index (χ1v) is 6.86. The summed E-state index contributed by atoms with van der Waals surface area (Å²) in [4.78, 5) is 23.7. The molecule has 1 aromatic heterocycles. The molecule has 1 aromatic carbocycles. The summed E-state index contributed by atoms with van der Waals surface area (Å²) in [6.07, 6.45) is 0. The van der Waals surface area contributed by atoms with Gasteiger partial charge in [0.05, 0.1) is 19.8 Å². The van der Waals surface area contributed by atoms with Crippen molar-refractivity contribution in [2.45, 2.75) is 13.8 Å². The van der Waals surface area contributed by atoms with Crippen molar-refractivity contribution in [1.82, 2.24) is 0 Å². The zero-order chi connectivity index (χ0) is 17.0. The highest BCUT2D eigenvalue weighted by Crippen LogP contribution is 2.23. The third-order valence-electron chi connectivity index (χ3n) is 3.23. The van der Waals surface area contributed by atoms with Crippen LogP contribution in [0.2, 0.25) is 0 Å². The van der Waals surface area contributed by atoms with Crippen molar-refractivity contribution in [2.24, 2.45) is 0 Å². The van der Waals surface area contributed by atoms with Gasteiger partial charge in [0, 0.05) is 5.56 Å². The van der Waals surface area contributed by atoms with Gasteiger partial charge in [0.2, 0.25) is 5.76 Å². The number of ether oxygens (including phenoxy) is 2. The highest BCUT2D eigenvalue weighted by molar-refractivity contribution is 6.03. The second-order valence-electron chi connectivity index (χ2n) is 4.84. The van der Waals surface area contributed by atoms with Gasteiger partial charge in [-0.25, -0.2) is 9.59 Å². The maximum atomic E-state index is 12.0. The Morgan fingerprint density at radius 2 is 1.57 bits per heavy atom. The van der Waals surface area contributed by atoms with E-state index in [1.54, 1.807) is 6.92 Å². The molecule has 0 spiro atoms. The first-order chi connectivity index (χ1) is 11.0. The van der Waals surface area contributed by atoms with Crippen LogP contribution in [0.3, 0.4) is 0 Å². The maximum Gasteiger partial charge on any atom is 0.374 e. The van der Waals surface area contributed by atoms with Crippen molar-refractivity contribution in [3.05, 3.63) is 58.0 Å². The van der Waals surface area contributed by atoms with Crippen molar-refractivity contribution in [3.8, 4) is 11.8 Å². The highest BCUT2D eigenvalue weighted by atomic mass is 16.5. The van der Waals surface area contributed by atoms with Gasteiger partial charge in [0.1, 0.15) is 11.3 Å². The fourth-order valence-electron chi connectivity index (χ4n) is 2.00. The third-order valence-corrected chi connectivity index (χ3v) is 3.23. The first kappa shape index (κ1) is 16.4. The van der Waals surface area contributed by atoms with E-state index in [0.29, 0.717) is 11.3 Å². The molecule has 118 valence electrons. The summed E-state index contributed by atoms with van der Waals surface area (Å²) >= 11 is 0. The van der Waals surface area contributed by atoms with E-state index >= 15 is 0 Å². The van der Waals surface area contributed by atoms with Gasteiger partial charge in [0.25, 0.3) is 0 Å². The zero-order valence-electron chi connectivity index (χ0n) is 13.4. The minimum absolute atomic E-state index is 0.0172. The summed E-state index contributed by atoms with van der Waals surface area (Å²) in [6, 6.07) is 7.62. The van der Waals surface area contributed by atoms with Crippen molar-refractivity contribution in [1.29, 1.82) is 0 Å². The molecule has 0 aliphatic rings. The molecule has 2 rings (SSSR count). The zero-order valence-corrected chi connectivity index (χ0v) is 13.4. The molecule has 0 aliphatic carbocycles. The molecule has 1 heterocycles. The van der Waals surface area contributed by atoms with Gasteiger partial charge >= 0.3 is 11.9 Å². The molecule has 23 heavy (non-hydrogen) atoms. The largest absolute Gasteiger partial charge is 0.465 e. The number of carbonyl (C=O) groups is 2. The van der Waals surface area contributed by atoms with Crippen LogP contribution < -0.4 is 0 Å². The lowest BCUT2D eigenvalue weighted by molar-refractivity contribution is 0.0527. The van der Waals surface area contributed by atoms with Crippen LogP contribution in [-0.4, -0.2) is 26.2 Å². The molecule has 0 atom stereocenters. The molecule has 0 bridgehead atoms. The standard InChI is InChI=1S/C18H16O5/c1-11-5-7-13(8-6-11)9-10-14-12(2)23-16(18(20)22-4)15(14)17(19)21-3/h5-8H,1-4H3. The summed E-state index contributed by atoms with van der Waals surface area (Å²) in [5.74, 6) is 4.53. The van der Waals surface area contributed by atoms with Gasteiger partial charge in [0.15, 0.2) is 0 Å². The fraction of sp³-hybridized carbons (Fsp3) is 0.222. The Kier molecular flexibility index (Phi) is 4.87. The first-order valence-electron chi connectivity index (χ1n) is 6.86. The smallest absolute Gasteiger partial charge is 0.374 e. The summed E-state index contributed by atoms with van der Waals surface area (Å²) in [5.41, 5.74) is 2.21. The van der Waals surface area contributed by atoms with E-state index in [-0.39, 0.29) is 11.3 Å².